The first-order valence-corrected chi connectivity index (χ1v) is 12.7. The van der Waals surface area contributed by atoms with Gasteiger partial charge in [0.1, 0.15) is 21.8 Å². The van der Waals surface area contributed by atoms with Crippen molar-refractivity contribution in [2.24, 2.45) is 13.0 Å². The van der Waals surface area contributed by atoms with Crippen LogP contribution in [0.1, 0.15) is 56.7 Å². The molecular weight excluding hydrogens is 472 g/mol. The van der Waals surface area contributed by atoms with Crippen molar-refractivity contribution < 1.29 is 14.3 Å². The number of aromatic nitrogens is 1. The normalized spacial score (nSPS) is 20.6. The molecule has 2 saturated heterocycles. The van der Waals surface area contributed by atoms with Crippen LogP contribution < -0.4 is 10.5 Å². The summed E-state index contributed by atoms with van der Waals surface area (Å²) in [5, 5.41) is 9.66. The van der Waals surface area contributed by atoms with Crippen LogP contribution in [0.25, 0.3) is 6.08 Å². The fourth-order valence-electron chi connectivity index (χ4n) is 4.39. The predicted octanol–water partition coefficient (Wildman–Crippen LogP) is 3.34. The first-order chi connectivity index (χ1) is 16.2. The fourth-order valence-corrected chi connectivity index (χ4v) is 5.83. The first kappa shape index (κ1) is 26.0. The SMILES string of the molecule is CCOC(=O)C1CCCN(c2c(C=C3SC(=S)N(C(C)CC)C3=O)c(C)c(C#N)c(=O)n2C)C1. The lowest BCUT2D eigenvalue weighted by atomic mass is 9.96. The Morgan fingerprint density at radius 3 is 2.71 bits per heavy atom. The summed E-state index contributed by atoms with van der Waals surface area (Å²) in [5.74, 6) is -0.149. The Morgan fingerprint density at radius 1 is 1.38 bits per heavy atom. The van der Waals surface area contributed by atoms with E-state index in [4.69, 9.17) is 17.0 Å². The van der Waals surface area contributed by atoms with Crippen LogP contribution in [0.15, 0.2) is 9.70 Å². The number of rotatable bonds is 6. The minimum absolute atomic E-state index is 0.0267. The average Bonchev–Trinajstić information content (AvgIpc) is 3.10. The molecule has 2 unspecified atom stereocenters. The highest BCUT2D eigenvalue weighted by Crippen LogP contribution is 2.37. The summed E-state index contributed by atoms with van der Waals surface area (Å²) in [6, 6.07) is 1.99. The maximum Gasteiger partial charge on any atom is 0.310 e. The van der Waals surface area contributed by atoms with Crippen LogP contribution in [0.2, 0.25) is 0 Å². The number of thioether (sulfide) groups is 1. The van der Waals surface area contributed by atoms with Crippen LogP contribution in [-0.4, -0.2) is 51.4 Å². The number of thiocarbonyl (C=S) groups is 1. The van der Waals surface area contributed by atoms with Crippen LogP contribution >= 0.6 is 24.0 Å². The topological polar surface area (TPSA) is 95.6 Å². The van der Waals surface area contributed by atoms with Gasteiger partial charge in [-0.2, -0.15) is 5.26 Å². The molecule has 0 radical (unpaired) electrons. The number of esters is 1. The van der Waals surface area contributed by atoms with Crippen molar-refractivity contribution in [2.75, 3.05) is 24.6 Å². The second kappa shape index (κ2) is 10.7. The van der Waals surface area contributed by atoms with E-state index in [0.717, 1.165) is 12.8 Å². The molecule has 1 amide bonds. The molecule has 0 saturated carbocycles. The molecule has 0 aromatic carbocycles. The van der Waals surface area contributed by atoms with Gasteiger partial charge < -0.3 is 9.64 Å². The molecule has 34 heavy (non-hydrogen) atoms. The van der Waals surface area contributed by atoms with E-state index < -0.39 is 5.56 Å². The van der Waals surface area contributed by atoms with Crippen LogP contribution in [0.3, 0.4) is 0 Å². The molecule has 2 atom stereocenters. The molecule has 182 valence electrons. The Morgan fingerprint density at radius 2 is 2.09 bits per heavy atom. The standard InChI is InChI=1S/C24H30N4O4S2/c1-6-14(3)28-22(30)19(34-24(28)33)11-17-15(4)18(12-25)21(29)26(5)20(17)27-10-8-9-16(13-27)23(31)32-7-2/h11,14,16H,6-10,13H2,1-5H3. The van der Waals surface area contributed by atoms with Crippen molar-refractivity contribution in [2.45, 2.75) is 53.0 Å². The Hall–Kier alpha value is -2.64. The van der Waals surface area contributed by atoms with Gasteiger partial charge >= 0.3 is 5.97 Å². The number of anilines is 1. The third-order valence-corrected chi connectivity index (χ3v) is 7.77. The monoisotopic (exact) mass is 502 g/mol. The van der Waals surface area contributed by atoms with Crippen molar-refractivity contribution in [3.8, 4) is 6.07 Å². The quantitative estimate of drug-likeness (QED) is 0.332. The van der Waals surface area contributed by atoms with Crippen LogP contribution in [0.4, 0.5) is 5.82 Å². The van der Waals surface area contributed by atoms with Gasteiger partial charge in [0.25, 0.3) is 11.5 Å². The fraction of sp³-hybridized carbons (Fsp3) is 0.542. The predicted molar refractivity (Wildman–Crippen MR) is 137 cm³/mol. The highest BCUT2D eigenvalue weighted by molar-refractivity contribution is 8.26. The van der Waals surface area contributed by atoms with Crippen molar-refractivity contribution >= 4 is 52.1 Å². The lowest BCUT2D eigenvalue weighted by molar-refractivity contribution is -0.148. The zero-order valence-corrected chi connectivity index (χ0v) is 21.8. The number of piperidine rings is 1. The van der Waals surface area contributed by atoms with Crippen molar-refractivity contribution in [3.63, 3.8) is 0 Å². The lowest BCUT2D eigenvalue weighted by Gasteiger charge is -2.35. The second-order valence-corrected chi connectivity index (χ2v) is 10.2. The number of carbonyl (C=O) groups excluding carboxylic acids is 2. The third kappa shape index (κ3) is 4.77. The van der Waals surface area contributed by atoms with E-state index >= 15 is 0 Å². The zero-order chi connectivity index (χ0) is 25.2. The second-order valence-electron chi connectivity index (χ2n) is 8.56. The smallest absolute Gasteiger partial charge is 0.310 e. The zero-order valence-electron chi connectivity index (χ0n) is 20.2. The number of pyridine rings is 1. The van der Waals surface area contributed by atoms with Gasteiger partial charge in [-0.15, -0.1) is 0 Å². The molecule has 1 aromatic rings. The number of hydrogen-bond donors (Lipinski definition) is 0. The van der Waals surface area contributed by atoms with Gasteiger partial charge in [-0.05, 0) is 51.7 Å². The molecular formula is C24H30N4O4S2. The van der Waals surface area contributed by atoms with Crippen LogP contribution in [-0.2, 0) is 21.4 Å². The van der Waals surface area contributed by atoms with Gasteiger partial charge in [-0.3, -0.25) is 23.9 Å². The summed E-state index contributed by atoms with van der Waals surface area (Å²) >= 11 is 6.69. The molecule has 1 aromatic heterocycles. The van der Waals surface area contributed by atoms with Crippen molar-refractivity contribution in [1.29, 1.82) is 5.26 Å². The number of carbonyl (C=O) groups is 2. The molecule has 2 aliphatic rings. The number of hydrogen-bond acceptors (Lipinski definition) is 8. The van der Waals surface area contributed by atoms with E-state index in [-0.39, 0.29) is 29.4 Å². The first-order valence-electron chi connectivity index (χ1n) is 11.5. The Bertz CT molecular complexity index is 1150. The van der Waals surface area contributed by atoms with E-state index in [1.54, 1.807) is 31.9 Å². The largest absolute Gasteiger partial charge is 0.466 e. The summed E-state index contributed by atoms with van der Waals surface area (Å²) in [7, 11) is 1.62. The third-order valence-electron chi connectivity index (χ3n) is 6.44. The van der Waals surface area contributed by atoms with Crippen LogP contribution in [0, 0.1) is 24.2 Å². The molecule has 3 heterocycles. The summed E-state index contributed by atoms with van der Waals surface area (Å²) in [5.41, 5.74) is 0.756. The van der Waals surface area contributed by atoms with Crippen molar-refractivity contribution in [1.82, 2.24) is 9.47 Å². The maximum absolute atomic E-state index is 13.2. The average molecular weight is 503 g/mol. The Balaban J connectivity index is 2.14. The van der Waals surface area contributed by atoms with E-state index in [0.29, 0.717) is 52.3 Å². The van der Waals surface area contributed by atoms with Gasteiger partial charge in [0, 0.05) is 31.7 Å². The molecule has 8 nitrogen and oxygen atoms in total. The highest BCUT2D eigenvalue weighted by atomic mass is 32.2. The summed E-state index contributed by atoms with van der Waals surface area (Å²) in [6.07, 6.45) is 3.97. The number of nitriles is 1. The molecule has 0 bridgehead atoms. The number of amides is 1. The molecule has 10 heteroatoms. The van der Waals surface area contributed by atoms with Gasteiger partial charge in [0.2, 0.25) is 0 Å². The van der Waals surface area contributed by atoms with E-state index in [1.165, 1.54) is 16.3 Å². The molecule has 3 rings (SSSR count). The Kier molecular flexibility index (Phi) is 8.21. The minimum Gasteiger partial charge on any atom is -0.466 e. The maximum atomic E-state index is 13.2. The molecule has 0 spiro atoms. The van der Waals surface area contributed by atoms with Gasteiger partial charge in [0.05, 0.1) is 17.4 Å². The highest BCUT2D eigenvalue weighted by Gasteiger charge is 2.36. The van der Waals surface area contributed by atoms with Crippen LogP contribution in [0.5, 0.6) is 0 Å². The van der Waals surface area contributed by atoms with E-state index in [1.807, 2.05) is 24.8 Å². The summed E-state index contributed by atoms with van der Waals surface area (Å²) in [4.78, 5) is 42.7. The molecule has 2 fully saturated rings. The summed E-state index contributed by atoms with van der Waals surface area (Å²) < 4.78 is 7.17. The van der Waals surface area contributed by atoms with Gasteiger partial charge in [-0.25, -0.2) is 0 Å². The molecule has 0 aliphatic carbocycles. The van der Waals surface area contributed by atoms with E-state index in [2.05, 4.69) is 0 Å². The number of nitrogens with zero attached hydrogens (tertiary/aromatic N) is 4. The minimum atomic E-state index is -0.405. The Labute approximate surface area is 209 Å². The molecule has 0 N–H and O–H groups in total. The van der Waals surface area contributed by atoms with Gasteiger partial charge in [-0.1, -0.05) is 30.9 Å². The van der Waals surface area contributed by atoms with E-state index in [9.17, 15) is 19.6 Å². The van der Waals surface area contributed by atoms with Gasteiger partial charge in [0.15, 0.2) is 0 Å². The summed E-state index contributed by atoms with van der Waals surface area (Å²) in [6.45, 7) is 8.80. The number of ether oxygens (including phenoxy) is 1. The van der Waals surface area contributed by atoms with Crippen molar-refractivity contribution in [3.05, 3.63) is 31.9 Å². The lowest BCUT2D eigenvalue weighted by Crippen LogP contribution is -2.42. The molecule has 2 aliphatic heterocycles.